The zero-order valence-corrected chi connectivity index (χ0v) is 11.4. The highest BCUT2D eigenvalue weighted by molar-refractivity contribution is 5.58. The average molecular weight is 250 g/mol. The molecule has 0 radical (unpaired) electrons. The van der Waals surface area contributed by atoms with Gasteiger partial charge in [-0.1, -0.05) is 13.8 Å². The molecular weight excluding hydrogens is 228 g/mol. The average Bonchev–Trinajstić information content (AvgIpc) is 2.39. The number of methoxy groups -OCH3 is 1. The van der Waals surface area contributed by atoms with Crippen molar-refractivity contribution in [2.24, 2.45) is 0 Å². The third-order valence-corrected chi connectivity index (χ3v) is 3.48. The monoisotopic (exact) mass is 250 g/mol. The standard InChI is InChI=1S/C14H22N2O2/c1-10(2)12-8-14(18-3)13(9-15-12)16-6-4-11(17)5-7-16/h8-11,17H,4-7H2,1-3H3. The highest BCUT2D eigenvalue weighted by Gasteiger charge is 2.20. The fraction of sp³-hybridized carbons (Fsp3) is 0.643. The molecule has 2 heterocycles. The number of hydrogen-bond acceptors (Lipinski definition) is 4. The fourth-order valence-corrected chi connectivity index (χ4v) is 2.27. The summed E-state index contributed by atoms with van der Waals surface area (Å²) in [6, 6.07) is 2.02. The normalized spacial score (nSPS) is 17.3. The van der Waals surface area contributed by atoms with Gasteiger partial charge in [-0.3, -0.25) is 4.98 Å². The molecule has 100 valence electrons. The zero-order valence-electron chi connectivity index (χ0n) is 11.4. The topological polar surface area (TPSA) is 45.6 Å². The Bertz CT molecular complexity index is 399. The fourth-order valence-electron chi connectivity index (χ4n) is 2.27. The molecular formula is C14H22N2O2. The van der Waals surface area contributed by atoms with Crippen LogP contribution in [-0.2, 0) is 0 Å². The first-order valence-electron chi connectivity index (χ1n) is 6.58. The van der Waals surface area contributed by atoms with E-state index < -0.39 is 0 Å². The van der Waals surface area contributed by atoms with Crippen LogP contribution < -0.4 is 9.64 Å². The molecule has 0 atom stereocenters. The van der Waals surface area contributed by atoms with Crippen molar-refractivity contribution in [1.29, 1.82) is 0 Å². The van der Waals surface area contributed by atoms with Gasteiger partial charge in [-0.05, 0) is 18.8 Å². The third kappa shape index (κ3) is 2.75. The molecule has 18 heavy (non-hydrogen) atoms. The van der Waals surface area contributed by atoms with Crippen molar-refractivity contribution in [1.82, 2.24) is 4.98 Å². The quantitative estimate of drug-likeness (QED) is 0.893. The van der Waals surface area contributed by atoms with Gasteiger partial charge >= 0.3 is 0 Å². The summed E-state index contributed by atoms with van der Waals surface area (Å²) in [6.07, 6.45) is 3.37. The Morgan fingerprint density at radius 3 is 2.61 bits per heavy atom. The Balaban J connectivity index is 2.22. The minimum atomic E-state index is -0.157. The lowest BCUT2D eigenvalue weighted by atomic mass is 10.1. The van der Waals surface area contributed by atoms with Gasteiger partial charge in [0.05, 0.1) is 25.1 Å². The summed E-state index contributed by atoms with van der Waals surface area (Å²) < 4.78 is 5.47. The van der Waals surface area contributed by atoms with Crippen molar-refractivity contribution in [3.63, 3.8) is 0 Å². The number of aromatic nitrogens is 1. The van der Waals surface area contributed by atoms with Gasteiger partial charge in [0.2, 0.25) is 0 Å². The van der Waals surface area contributed by atoms with Crippen LogP contribution in [-0.4, -0.2) is 36.4 Å². The van der Waals surface area contributed by atoms with Crippen LogP contribution in [0, 0.1) is 0 Å². The van der Waals surface area contributed by atoms with Crippen LogP contribution in [0.1, 0.15) is 38.3 Å². The number of rotatable bonds is 3. The second kappa shape index (κ2) is 5.57. The lowest BCUT2D eigenvalue weighted by molar-refractivity contribution is 0.145. The maximum absolute atomic E-state index is 9.54. The Hall–Kier alpha value is -1.29. The molecule has 0 aliphatic carbocycles. The van der Waals surface area contributed by atoms with E-state index in [1.807, 2.05) is 12.3 Å². The van der Waals surface area contributed by atoms with Crippen molar-refractivity contribution < 1.29 is 9.84 Å². The highest BCUT2D eigenvalue weighted by Crippen LogP contribution is 2.31. The molecule has 0 bridgehead atoms. The number of aliphatic hydroxyl groups is 1. The van der Waals surface area contributed by atoms with Gasteiger partial charge in [0.25, 0.3) is 0 Å². The number of ether oxygens (including phenoxy) is 1. The molecule has 0 saturated carbocycles. The van der Waals surface area contributed by atoms with E-state index in [1.54, 1.807) is 7.11 Å². The lowest BCUT2D eigenvalue weighted by Gasteiger charge is -2.32. The molecule has 0 unspecified atom stereocenters. The first kappa shape index (κ1) is 13.1. The number of hydrogen-bond donors (Lipinski definition) is 1. The van der Waals surface area contributed by atoms with Crippen LogP contribution in [0.5, 0.6) is 5.75 Å². The van der Waals surface area contributed by atoms with E-state index in [9.17, 15) is 5.11 Å². The lowest BCUT2D eigenvalue weighted by Crippen LogP contribution is -2.36. The third-order valence-electron chi connectivity index (χ3n) is 3.48. The van der Waals surface area contributed by atoms with Crippen molar-refractivity contribution in [3.05, 3.63) is 18.0 Å². The number of piperidine rings is 1. The summed E-state index contributed by atoms with van der Waals surface area (Å²) in [5, 5.41) is 9.54. The molecule has 2 rings (SSSR count). The summed E-state index contributed by atoms with van der Waals surface area (Å²) in [5.74, 6) is 1.28. The predicted molar refractivity (Wildman–Crippen MR) is 72.3 cm³/mol. The predicted octanol–water partition coefficient (Wildman–Crippen LogP) is 2.17. The van der Waals surface area contributed by atoms with Gasteiger partial charge in [0.15, 0.2) is 0 Å². The molecule has 1 saturated heterocycles. The molecule has 4 heteroatoms. The minimum absolute atomic E-state index is 0.157. The Labute approximate surface area is 109 Å². The van der Waals surface area contributed by atoms with Gasteiger partial charge in [-0.15, -0.1) is 0 Å². The summed E-state index contributed by atoms with van der Waals surface area (Å²) >= 11 is 0. The smallest absolute Gasteiger partial charge is 0.145 e. The van der Waals surface area contributed by atoms with Gasteiger partial charge in [-0.25, -0.2) is 0 Å². The maximum atomic E-state index is 9.54. The van der Waals surface area contributed by atoms with Crippen LogP contribution in [0.2, 0.25) is 0 Å². The number of aliphatic hydroxyl groups excluding tert-OH is 1. The van der Waals surface area contributed by atoms with Crippen molar-refractivity contribution in [3.8, 4) is 5.75 Å². The molecule has 0 aromatic carbocycles. The van der Waals surface area contributed by atoms with E-state index in [2.05, 4.69) is 23.7 Å². The number of nitrogens with zero attached hydrogens (tertiary/aromatic N) is 2. The SMILES string of the molecule is COc1cc(C(C)C)ncc1N1CCC(O)CC1. The van der Waals surface area contributed by atoms with E-state index in [4.69, 9.17) is 4.74 Å². The van der Waals surface area contributed by atoms with Crippen LogP contribution in [0.25, 0.3) is 0 Å². The van der Waals surface area contributed by atoms with Gasteiger partial charge in [0, 0.05) is 24.8 Å². The summed E-state index contributed by atoms with van der Waals surface area (Å²) in [5.41, 5.74) is 2.08. The van der Waals surface area contributed by atoms with Gasteiger partial charge < -0.3 is 14.7 Å². The van der Waals surface area contributed by atoms with E-state index in [1.165, 1.54) is 0 Å². The minimum Gasteiger partial charge on any atom is -0.494 e. The Kier molecular flexibility index (Phi) is 4.07. The van der Waals surface area contributed by atoms with Crippen LogP contribution >= 0.6 is 0 Å². The second-order valence-corrected chi connectivity index (χ2v) is 5.15. The number of anilines is 1. The van der Waals surface area contributed by atoms with Gasteiger partial charge in [0.1, 0.15) is 5.75 Å². The summed E-state index contributed by atoms with van der Waals surface area (Å²) in [6.45, 7) is 5.97. The Morgan fingerprint density at radius 1 is 1.39 bits per heavy atom. The van der Waals surface area contributed by atoms with E-state index in [-0.39, 0.29) is 6.10 Å². The molecule has 4 nitrogen and oxygen atoms in total. The van der Waals surface area contributed by atoms with E-state index in [0.29, 0.717) is 5.92 Å². The van der Waals surface area contributed by atoms with Crippen LogP contribution in [0.3, 0.4) is 0 Å². The molecule has 0 spiro atoms. The molecule has 1 aromatic heterocycles. The van der Waals surface area contributed by atoms with Gasteiger partial charge in [-0.2, -0.15) is 0 Å². The largest absolute Gasteiger partial charge is 0.494 e. The van der Waals surface area contributed by atoms with Crippen LogP contribution in [0.4, 0.5) is 5.69 Å². The molecule has 1 aliphatic rings. The van der Waals surface area contributed by atoms with E-state index in [0.717, 1.165) is 43.1 Å². The molecule has 1 N–H and O–H groups in total. The second-order valence-electron chi connectivity index (χ2n) is 5.15. The highest BCUT2D eigenvalue weighted by atomic mass is 16.5. The zero-order chi connectivity index (χ0) is 13.1. The number of pyridine rings is 1. The summed E-state index contributed by atoms with van der Waals surface area (Å²) in [7, 11) is 1.70. The maximum Gasteiger partial charge on any atom is 0.145 e. The molecule has 1 aromatic rings. The molecule has 1 fully saturated rings. The first-order chi connectivity index (χ1) is 8.61. The van der Waals surface area contributed by atoms with Crippen molar-refractivity contribution >= 4 is 5.69 Å². The van der Waals surface area contributed by atoms with Crippen molar-refractivity contribution in [2.75, 3.05) is 25.1 Å². The first-order valence-corrected chi connectivity index (χ1v) is 6.58. The van der Waals surface area contributed by atoms with Crippen LogP contribution in [0.15, 0.2) is 12.3 Å². The summed E-state index contributed by atoms with van der Waals surface area (Å²) in [4.78, 5) is 6.74. The molecule has 0 amide bonds. The molecule has 1 aliphatic heterocycles. The van der Waals surface area contributed by atoms with Crippen molar-refractivity contribution in [2.45, 2.75) is 38.7 Å². The van der Waals surface area contributed by atoms with E-state index >= 15 is 0 Å². The Morgan fingerprint density at radius 2 is 2.06 bits per heavy atom.